The number of hydrogen-bond acceptors (Lipinski definition) is 3. The number of carbonyl (C=O) groups excluding carboxylic acids is 1. The molecule has 0 bridgehead atoms. The zero-order valence-corrected chi connectivity index (χ0v) is 12.9. The molecule has 1 aromatic rings. The van der Waals surface area contributed by atoms with E-state index in [4.69, 9.17) is 27.9 Å². The number of nitrogens with zero attached hydrogens (tertiary/aromatic N) is 1. The number of carbonyl (C=O) groups is 1. The van der Waals surface area contributed by atoms with Gasteiger partial charge >= 0.3 is 6.09 Å². The van der Waals surface area contributed by atoms with Gasteiger partial charge < -0.3 is 15.0 Å². The standard InChI is InChI=1S/C14H18Cl2N2O2/c1-2-20-14(19)18-7-5-10(6-8-18)17-11-3-4-12(15)13(16)9-11/h3-4,9-10,17H,2,5-8H2,1H3. The Balaban J connectivity index is 1.85. The van der Waals surface area contributed by atoms with Crippen molar-refractivity contribution in [1.29, 1.82) is 0 Å². The Bertz CT molecular complexity index is 474. The van der Waals surface area contributed by atoms with Crippen LogP contribution < -0.4 is 5.32 Å². The summed E-state index contributed by atoms with van der Waals surface area (Å²) in [5.74, 6) is 0. The predicted molar refractivity (Wildman–Crippen MR) is 81.7 cm³/mol. The van der Waals surface area contributed by atoms with Crippen LogP contribution in [0, 0.1) is 0 Å². The van der Waals surface area contributed by atoms with Gasteiger partial charge in [-0.1, -0.05) is 23.2 Å². The second-order valence-corrected chi connectivity index (χ2v) is 5.55. The molecule has 6 heteroatoms. The fourth-order valence-electron chi connectivity index (χ4n) is 2.24. The lowest BCUT2D eigenvalue weighted by Crippen LogP contribution is -2.42. The molecular formula is C14H18Cl2N2O2. The fourth-order valence-corrected chi connectivity index (χ4v) is 2.54. The van der Waals surface area contributed by atoms with E-state index in [1.165, 1.54) is 0 Å². The topological polar surface area (TPSA) is 41.6 Å². The average Bonchev–Trinajstić information content (AvgIpc) is 2.44. The number of benzene rings is 1. The second-order valence-electron chi connectivity index (χ2n) is 4.73. The van der Waals surface area contributed by atoms with Crippen molar-refractivity contribution in [3.05, 3.63) is 28.2 Å². The molecule has 1 aliphatic rings. The van der Waals surface area contributed by atoms with E-state index in [1.54, 1.807) is 11.0 Å². The Morgan fingerprint density at radius 2 is 2.05 bits per heavy atom. The molecule has 1 aromatic carbocycles. The highest BCUT2D eigenvalue weighted by Gasteiger charge is 2.23. The summed E-state index contributed by atoms with van der Waals surface area (Å²) in [6, 6.07) is 5.84. The number of ether oxygens (including phenoxy) is 1. The van der Waals surface area contributed by atoms with Crippen molar-refractivity contribution in [2.45, 2.75) is 25.8 Å². The maximum atomic E-state index is 11.6. The number of halogens is 2. The molecule has 1 fully saturated rings. The van der Waals surface area contributed by atoms with Crippen molar-refractivity contribution in [1.82, 2.24) is 4.90 Å². The number of nitrogens with one attached hydrogen (secondary N) is 1. The number of piperidine rings is 1. The Hall–Kier alpha value is -1.13. The molecule has 1 heterocycles. The zero-order valence-electron chi connectivity index (χ0n) is 11.4. The van der Waals surface area contributed by atoms with E-state index in [1.807, 2.05) is 19.1 Å². The Morgan fingerprint density at radius 1 is 1.35 bits per heavy atom. The van der Waals surface area contributed by atoms with Crippen LogP contribution in [0.3, 0.4) is 0 Å². The summed E-state index contributed by atoms with van der Waals surface area (Å²) < 4.78 is 5.00. The van der Waals surface area contributed by atoms with Crippen molar-refractivity contribution in [2.24, 2.45) is 0 Å². The fraction of sp³-hybridized carbons (Fsp3) is 0.500. The summed E-state index contributed by atoms with van der Waals surface area (Å²) in [4.78, 5) is 13.3. The van der Waals surface area contributed by atoms with Crippen molar-refractivity contribution >= 4 is 35.0 Å². The van der Waals surface area contributed by atoms with Crippen LogP contribution in [-0.4, -0.2) is 36.7 Å². The highest BCUT2D eigenvalue weighted by atomic mass is 35.5. The van der Waals surface area contributed by atoms with Gasteiger partial charge in [-0.05, 0) is 38.0 Å². The number of rotatable bonds is 3. The van der Waals surface area contributed by atoms with Crippen LogP contribution in [-0.2, 0) is 4.74 Å². The Kier molecular flexibility index (Phi) is 5.38. The van der Waals surface area contributed by atoms with E-state index in [0.29, 0.717) is 35.8 Å². The van der Waals surface area contributed by atoms with Crippen LogP contribution in [0.25, 0.3) is 0 Å². The molecule has 20 heavy (non-hydrogen) atoms. The van der Waals surface area contributed by atoms with E-state index < -0.39 is 0 Å². The molecular weight excluding hydrogens is 299 g/mol. The van der Waals surface area contributed by atoms with Crippen LogP contribution in [0.5, 0.6) is 0 Å². The van der Waals surface area contributed by atoms with Crippen LogP contribution in [0.1, 0.15) is 19.8 Å². The molecule has 2 rings (SSSR count). The smallest absolute Gasteiger partial charge is 0.409 e. The average molecular weight is 317 g/mol. The summed E-state index contributed by atoms with van der Waals surface area (Å²) in [5, 5.41) is 4.51. The lowest BCUT2D eigenvalue weighted by atomic mass is 10.1. The predicted octanol–water partition coefficient (Wildman–Crippen LogP) is 4.03. The third kappa shape index (κ3) is 3.93. The lowest BCUT2D eigenvalue weighted by molar-refractivity contribution is 0.0983. The number of amides is 1. The van der Waals surface area contributed by atoms with Crippen LogP contribution in [0.15, 0.2) is 18.2 Å². The zero-order chi connectivity index (χ0) is 14.5. The van der Waals surface area contributed by atoms with Gasteiger partial charge in [-0.2, -0.15) is 0 Å². The third-order valence-corrected chi connectivity index (χ3v) is 4.05. The van der Waals surface area contributed by atoms with Crippen LogP contribution in [0.2, 0.25) is 10.0 Å². The SMILES string of the molecule is CCOC(=O)N1CCC(Nc2ccc(Cl)c(Cl)c2)CC1. The van der Waals surface area contributed by atoms with E-state index >= 15 is 0 Å². The molecule has 110 valence electrons. The monoisotopic (exact) mass is 316 g/mol. The molecule has 0 radical (unpaired) electrons. The molecule has 1 amide bonds. The summed E-state index contributed by atoms with van der Waals surface area (Å²) in [6.45, 7) is 3.65. The molecule has 0 unspecified atom stereocenters. The molecule has 0 spiro atoms. The van der Waals surface area contributed by atoms with Crippen LogP contribution in [0.4, 0.5) is 10.5 Å². The highest BCUT2D eigenvalue weighted by Crippen LogP contribution is 2.26. The molecule has 0 aliphatic carbocycles. The second kappa shape index (κ2) is 7.04. The quantitative estimate of drug-likeness (QED) is 0.915. The number of anilines is 1. The first-order valence-electron chi connectivity index (χ1n) is 6.73. The van der Waals surface area contributed by atoms with Gasteiger partial charge in [-0.25, -0.2) is 4.79 Å². The van der Waals surface area contributed by atoms with Crippen molar-refractivity contribution in [3.8, 4) is 0 Å². The van der Waals surface area contributed by atoms with Crippen molar-refractivity contribution < 1.29 is 9.53 Å². The minimum absolute atomic E-state index is 0.222. The first-order chi connectivity index (χ1) is 9.60. The molecule has 1 N–H and O–H groups in total. The van der Waals surface area contributed by atoms with Gasteiger partial charge in [0.1, 0.15) is 0 Å². The van der Waals surface area contributed by atoms with Gasteiger partial charge in [0.05, 0.1) is 16.7 Å². The lowest BCUT2D eigenvalue weighted by Gasteiger charge is -2.32. The van der Waals surface area contributed by atoms with Gasteiger partial charge in [-0.3, -0.25) is 0 Å². The molecule has 0 saturated carbocycles. The third-order valence-electron chi connectivity index (χ3n) is 3.31. The number of likely N-dealkylation sites (tertiary alicyclic amines) is 1. The van der Waals surface area contributed by atoms with Gasteiger partial charge in [0.2, 0.25) is 0 Å². The first kappa shape index (κ1) is 15.3. The minimum Gasteiger partial charge on any atom is -0.450 e. The molecule has 0 atom stereocenters. The highest BCUT2D eigenvalue weighted by molar-refractivity contribution is 6.42. The van der Waals surface area contributed by atoms with E-state index in [2.05, 4.69) is 5.32 Å². The van der Waals surface area contributed by atoms with Crippen molar-refractivity contribution in [3.63, 3.8) is 0 Å². The molecule has 4 nitrogen and oxygen atoms in total. The van der Waals surface area contributed by atoms with Gasteiger partial charge in [0.15, 0.2) is 0 Å². The summed E-state index contributed by atoms with van der Waals surface area (Å²) in [6.07, 6.45) is 1.55. The minimum atomic E-state index is -0.222. The maximum Gasteiger partial charge on any atom is 0.409 e. The molecule has 0 aromatic heterocycles. The van der Waals surface area contributed by atoms with Crippen molar-refractivity contribution in [2.75, 3.05) is 25.0 Å². The Labute approximate surface area is 129 Å². The van der Waals surface area contributed by atoms with E-state index in [9.17, 15) is 4.79 Å². The first-order valence-corrected chi connectivity index (χ1v) is 7.49. The summed E-state index contributed by atoms with van der Waals surface area (Å²) in [5.41, 5.74) is 0.953. The van der Waals surface area contributed by atoms with Crippen LogP contribution >= 0.6 is 23.2 Å². The van der Waals surface area contributed by atoms with Gasteiger partial charge in [0, 0.05) is 24.8 Å². The number of hydrogen-bond donors (Lipinski definition) is 1. The normalized spacial score (nSPS) is 16.1. The largest absolute Gasteiger partial charge is 0.450 e. The van der Waals surface area contributed by atoms with Gasteiger partial charge in [-0.15, -0.1) is 0 Å². The Morgan fingerprint density at radius 3 is 2.65 bits per heavy atom. The van der Waals surface area contributed by atoms with E-state index in [-0.39, 0.29) is 6.09 Å². The molecule has 1 saturated heterocycles. The summed E-state index contributed by atoms with van der Waals surface area (Å²) in [7, 11) is 0. The van der Waals surface area contributed by atoms with Gasteiger partial charge in [0.25, 0.3) is 0 Å². The molecule has 1 aliphatic heterocycles. The summed E-state index contributed by atoms with van der Waals surface area (Å²) >= 11 is 11.9. The maximum absolute atomic E-state index is 11.6. The van der Waals surface area contributed by atoms with E-state index in [0.717, 1.165) is 18.5 Å².